The molecule has 84 valence electrons. The number of anilines is 1. The number of pyridine rings is 1. The van der Waals surface area contributed by atoms with E-state index in [0.29, 0.717) is 0 Å². The van der Waals surface area contributed by atoms with Gasteiger partial charge in [-0.15, -0.1) is 0 Å². The molecule has 1 N–H and O–H groups in total. The molecule has 2 aromatic rings. The number of halogens is 2. The van der Waals surface area contributed by atoms with Crippen LogP contribution in [0.2, 0.25) is 0 Å². The maximum absolute atomic E-state index is 4.31. The minimum atomic E-state index is 0.116. The minimum absolute atomic E-state index is 0.116. The molecule has 0 spiro atoms. The van der Waals surface area contributed by atoms with Gasteiger partial charge in [-0.2, -0.15) is 0 Å². The van der Waals surface area contributed by atoms with Crippen molar-refractivity contribution in [2.24, 2.45) is 0 Å². The number of hydrogen-bond donors (Lipinski definition) is 1. The first-order valence-electron chi connectivity index (χ1n) is 4.88. The Morgan fingerprint density at radius 1 is 1.19 bits per heavy atom. The fraction of sp³-hybridized carbons (Fsp3) is 0.0833. The molecule has 4 heteroatoms. The molecule has 0 saturated carbocycles. The molecular formula is C12H11I2N2-. The third-order valence-corrected chi connectivity index (χ3v) is 6.42. The Labute approximate surface area is 115 Å². The molecule has 0 fully saturated rings. The van der Waals surface area contributed by atoms with Crippen LogP contribution in [0.1, 0.15) is 5.56 Å². The molecule has 1 heterocycles. The Morgan fingerprint density at radius 2 is 2.00 bits per heavy atom. The summed E-state index contributed by atoms with van der Waals surface area (Å²) in [6.45, 7) is 0.830. The fourth-order valence-electron chi connectivity index (χ4n) is 1.33. The summed E-state index contributed by atoms with van der Waals surface area (Å²) in [5.41, 5.74) is 1.28. The number of hydrogen-bond acceptors (Lipinski definition) is 2. The molecule has 1 aromatic carbocycles. The normalized spacial score (nSPS) is 10.3. The second kappa shape index (κ2) is 6.39. The van der Waals surface area contributed by atoms with Crippen molar-refractivity contribution >= 4 is 24.4 Å². The van der Waals surface area contributed by atoms with Gasteiger partial charge in [0, 0.05) is 0 Å². The number of nitrogens with one attached hydrogen (secondary N) is 1. The van der Waals surface area contributed by atoms with Gasteiger partial charge in [-0.1, -0.05) is 0 Å². The Kier molecular flexibility index (Phi) is 4.83. The molecule has 0 bridgehead atoms. The molecule has 0 unspecified atom stereocenters. The SMILES string of the molecule is I[I-]c1ccnc(NCc2ccccc2)c1. The Balaban J connectivity index is 1.99. The van der Waals surface area contributed by atoms with Crippen LogP contribution in [0.3, 0.4) is 0 Å². The van der Waals surface area contributed by atoms with Gasteiger partial charge >= 0.3 is 116 Å². The fourth-order valence-corrected chi connectivity index (χ4v) is 3.75. The van der Waals surface area contributed by atoms with Gasteiger partial charge in [0.2, 0.25) is 0 Å². The number of nitrogens with zero attached hydrogens (tertiary/aromatic N) is 1. The molecule has 1 aromatic heterocycles. The van der Waals surface area contributed by atoms with Crippen LogP contribution in [0, 0.1) is 3.57 Å². The van der Waals surface area contributed by atoms with E-state index in [1.165, 1.54) is 9.13 Å². The number of aromatic nitrogens is 1. The third-order valence-electron chi connectivity index (χ3n) is 2.12. The van der Waals surface area contributed by atoms with Crippen LogP contribution in [0.4, 0.5) is 5.82 Å². The Morgan fingerprint density at radius 3 is 2.75 bits per heavy atom. The van der Waals surface area contributed by atoms with Gasteiger partial charge in [-0.25, -0.2) is 0 Å². The van der Waals surface area contributed by atoms with E-state index in [4.69, 9.17) is 0 Å². The molecule has 2 rings (SSSR count). The average molecular weight is 437 g/mol. The summed E-state index contributed by atoms with van der Waals surface area (Å²) in [6, 6.07) is 14.6. The molecule has 16 heavy (non-hydrogen) atoms. The first-order chi connectivity index (χ1) is 7.88. The molecule has 0 atom stereocenters. The molecule has 0 aliphatic rings. The zero-order valence-corrected chi connectivity index (χ0v) is 12.8. The standard InChI is InChI=1S/C12H11I2N2/c13-14-11-6-7-15-12(8-11)16-9-10-4-2-1-3-5-10/h1-8H,9H2,(H,15,16)/q-1. The predicted octanol–water partition coefficient (Wildman–Crippen LogP) is 0.302. The summed E-state index contributed by atoms with van der Waals surface area (Å²) in [7, 11) is 0. The summed E-state index contributed by atoms with van der Waals surface area (Å²) in [4.78, 5) is 4.31. The predicted molar refractivity (Wildman–Crippen MR) is 70.7 cm³/mol. The van der Waals surface area contributed by atoms with Crippen molar-refractivity contribution in [3.8, 4) is 0 Å². The third kappa shape index (κ3) is 3.58. The van der Waals surface area contributed by atoms with E-state index in [9.17, 15) is 0 Å². The second-order valence-electron chi connectivity index (χ2n) is 3.27. The summed E-state index contributed by atoms with van der Waals surface area (Å²) in [5, 5.41) is 3.34. The van der Waals surface area contributed by atoms with Crippen molar-refractivity contribution < 1.29 is 17.2 Å². The zero-order valence-electron chi connectivity index (χ0n) is 8.53. The van der Waals surface area contributed by atoms with Crippen molar-refractivity contribution in [1.29, 1.82) is 0 Å². The van der Waals surface area contributed by atoms with E-state index >= 15 is 0 Å². The quantitative estimate of drug-likeness (QED) is 0.697. The first kappa shape index (κ1) is 12.1. The van der Waals surface area contributed by atoms with E-state index < -0.39 is 0 Å². The zero-order chi connectivity index (χ0) is 11.2. The van der Waals surface area contributed by atoms with Gasteiger partial charge in [-0.3, -0.25) is 0 Å². The van der Waals surface area contributed by atoms with Crippen LogP contribution in [0.5, 0.6) is 0 Å². The maximum atomic E-state index is 4.31. The van der Waals surface area contributed by atoms with Gasteiger partial charge in [0.1, 0.15) is 0 Å². The summed E-state index contributed by atoms with van der Waals surface area (Å²) in [6.07, 6.45) is 1.88. The van der Waals surface area contributed by atoms with Crippen LogP contribution in [0.15, 0.2) is 48.7 Å². The molecule has 0 aliphatic heterocycles. The van der Waals surface area contributed by atoms with Crippen LogP contribution in [-0.2, 0) is 6.54 Å². The topological polar surface area (TPSA) is 24.9 Å². The van der Waals surface area contributed by atoms with E-state index in [1.54, 1.807) is 0 Å². The first-order valence-corrected chi connectivity index (χ1v) is 12.2. The summed E-state index contributed by atoms with van der Waals surface area (Å²) in [5.74, 6) is 0.970. The van der Waals surface area contributed by atoms with E-state index in [-0.39, 0.29) is 17.2 Å². The second-order valence-corrected chi connectivity index (χ2v) is 7.66. The molecule has 0 radical (unpaired) electrons. The van der Waals surface area contributed by atoms with Crippen LogP contribution in [-0.4, -0.2) is 4.98 Å². The van der Waals surface area contributed by atoms with E-state index in [1.807, 2.05) is 12.3 Å². The van der Waals surface area contributed by atoms with Crippen LogP contribution < -0.4 is 22.5 Å². The summed E-state index contributed by atoms with van der Waals surface area (Å²) < 4.78 is 1.41. The van der Waals surface area contributed by atoms with Gasteiger partial charge < -0.3 is 0 Å². The van der Waals surface area contributed by atoms with Crippen molar-refractivity contribution in [3.63, 3.8) is 0 Å². The van der Waals surface area contributed by atoms with E-state index in [0.717, 1.165) is 12.4 Å². The van der Waals surface area contributed by atoms with Crippen LogP contribution >= 0.6 is 18.6 Å². The van der Waals surface area contributed by atoms with Crippen molar-refractivity contribution in [3.05, 3.63) is 57.8 Å². The molecule has 0 amide bonds. The number of benzene rings is 1. The Hall–Kier alpha value is -0.370. The van der Waals surface area contributed by atoms with Gasteiger partial charge in [-0.05, 0) is 0 Å². The summed E-state index contributed by atoms with van der Waals surface area (Å²) >= 11 is 2.58. The number of rotatable bonds is 4. The van der Waals surface area contributed by atoms with Gasteiger partial charge in [0.05, 0.1) is 0 Å². The van der Waals surface area contributed by atoms with Crippen molar-refractivity contribution in [2.45, 2.75) is 6.54 Å². The van der Waals surface area contributed by atoms with Crippen LogP contribution in [0.25, 0.3) is 0 Å². The molecular weight excluding hydrogens is 426 g/mol. The Bertz CT molecular complexity index is 446. The van der Waals surface area contributed by atoms with E-state index in [2.05, 4.69) is 65.3 Å². The molecule has 0 aliphatic carbocycles. The molecule has 2 nitrogen and oxygen atoms in total. The van der Waals surface area contributed by atoms with Crippen molar-refractivity contribution in [2.75, 3.05) is 5.32 Å². The average Bonchev–Trinajstić information content (AvgIpc) is 2.38. The van der Waals surface area contributed by atoms with Gasteiger partial charge in [0.25, 0.3) is 0 Å². The molecule has 0 saturated heterocycles. The monoisotopic (exact) mass is 437 g/mol. The van der Waals surface area contributed by atoms with Crippen molar-refractivity contribution in [1.82, 2.24) is 4.98 Å². The van der Waals surface area contributed by atoms with Gasteiger partial charge in [0.15, 0.2) is 0 Å².